The summed E-state index contributed by atoms with van der Waals surface area (Å²) >= 11 is 0. The third-order valence-electron chi connectivity index (χ3n) is 0.863. The number of nitrogens with zero attached hydrogens (tertiary/aromatic N) is 1. The molecule has 0 unspecified atom stereocenters. The summed E-state index contributed by atoms with van der Waals surface area (Å²) in [5.41, 5.74) is 0.799. The molecule has 0 heterocycles. The summed E-state index contributed by atoms with van der Waals surface area (Å²) in [7, 11) is 3.35. The Balaban J connectivity index is 2.83. The Morgan fingerprint density at radius 2 is 2.38 bits per heavy atom. The Kier molecular flexibility index (Phi) is 1.52. The fourth-order valence-corrected chi connectivity index (χ4v) is 0.482. The van der Waals surface area contributed by atoms with Crippen molar-refractivity contribution in [3.8, 4) is 0 Å². The molecule has 0 saturated carbocycles. The summed E-state index contributed by atoms with van der Waals surface area (Å²) in [5.74, 6) is 0. The van der Waals surface area contributed by atoms with Crippen LogP contribution in [0, 0.1) is 13.1 Å². The second-order valence-corrected chi connectivity index (χ2v) is 1.41. The number of para-hydroxylation sites is 1. The lowest BCUT2D eigenvalue weighted by Crippen LogP contribution is -1.79. The van der Waals surface area contributed by atoms with Crippen LogP contribution in [0.5, 0.6) is 0 Å². The Hall–Kier alpha value is -0.980. The summed E-state index contributed by atoms with van der Waals surface area (Å²) < 4.78 is 0. The topological polar surface area (TPSA) is 14.1 Å². The number of hydrogen-bond donors (Lipinski definition) is 0. The van der Waals surface area contributed by atoms with E-state index in [2.05, 4.69) is 18.4 Å². The van der Waals surface area contributed by atoms with Gasteiger partial charge in [0.05, 0.1) is 12.7 Å². The molecule has 1 rings (SSSR count). The summed E-state index contributed by atoms with van der Waals surface area (Å²) in [6, 6.07) is 10.4. The molecule has 0 aliphatic carbocycles. The monoisotopic (exact) mass is 104 g/mol. The average Bonchev–Trinajstić information content (AvgIpc) is 1.90. The highest BCUT2D eigenvalue weighted by atomic mass is 14.8. The largest absolute Gasteiger partial charge is 0.283 e. The van der Waals surface area contributed by atoms with E-state index >= 15 is 0 Å². The van der Waals surface area contributed by atoms with Gasteiger partial charge in [0.1, 0.15) is 0 Å². The molecule has 1 aromatic carbocycles. The molecule has 0 bridgehead atoms. The van der Waals surface area contributed by atoms with Gasteiger partial charge in [-0.15, -0.1) is 0 Å². The van der Waals surface area contributed by atoms with Crippen LogP contribution < -0.4 is 5.32 Å². The van der Waals surface area contributed by atoms with Crippen molar-refractivity contribution in [2.75, 3.05) is 0 Å². The predicted molar refractivity (Wildman–Crippen MR) is 32.4 cm³/mol. The van der Waals surface area contributed by atoms with Crippen LogP contribution >= 0.6 is 0 Å². The van der Waals surface area contributed by atoms with Crippen LogP contribution in [-0.4, -0.2) is 0 Å². The average molecular weight is 104 g/mol. The first-order chi connectivity index (χ1) is 3.93. The molecule has 3 radical (unpaired) electrons. The zero-order valence-corrected chi connectivity index (χ0v) is 4.46. The second kappa shape index (κ2) is 2.36. The van der Waals surface area contributed by atoms with E-state index in [0.717, 1.165) is 5.69 Å². The van der Waals surface area contributed by atoms with E-state index in [1.807, 2.05) is 24.3 Å². The van der Waals surface area contributed by atoms with Crippen molar-refractivity contribution in [1.29, 1.82) is 0 Å². The van der Waals surface area contributed by atoms with Gasteiger partial charge in [-0.1, -0.05) is 18.2 Å². The molecule has 0 amide bonds. The van der Waals surface area contributed by atoms with Gasteiger partial charge < -0.3 is 0 Å². The molecule has 0 aliphatic heterocycles. The fraction of sp³-hybridized carbons (Fsp3) is 0. The lowest BCUT2D eigenvalue weighted by Gasteiger charge is -1.89. The molecule has 0 N–H and O–H groups in total. The molecule has 0 aromatic heterocycles. The van der Waals surface area contributed by atoms with Gasteiger partial charge in [-0.2, -0.15) is 0 Å². The molecular formula is C7H6N. The van der Waals surface area contributed by atoms with Crippen molar-refractivity contribution in [3.63, 3.8) is 0 Å². The first kappa shape index (κ1) is 5.16. The Morgan fingerprint density at radius 3 is 2.75 bits per heavy atom. The molecule has 0 fully saturated rings. The minimum atomic E-state index is 0.799. The van der Waals surface area contributed by atoms with Gasteiger partial charge in [0, 0.05) is 6.07 Å². The lowest BCUT2D eigenvalue weighted by molar-refractivity contribution is 1.18. The quantitative estimate of drug-likeness (QED) is 0.512. The molecule has 0 atom stereocenters. The lowest BCUT2D eigenvalue weighted by atomic mass is 10.3. The molecular weight excluding hydrogens is 98.1 g/mol. The van der Waals surface area contributed by atoms with Gasteiger partial charge in [0.2, 0.25) is 0 Å². The van der Waals surface area contributed by atoms with Crippen molar-refractivity contribution in [3.05, 3.63) is 37.4 Å². The third kappa shape index (κ3) is 0.997. The highest BCUT2D eigenvalue weighted by Gasteiger charge is 1.81. The molecule has 1 aromatic rings. The van der Waals surface area contributed by atoms with Gasteiger partial charge >= 0.3 is 0 Å². The van der Waals surface area contributed by atoms with Crippen LogP contribution in [0.4, 0.5) is 5.69 Å². The first-order valence-electron chi connectivity index (χ1n) is 2.37. The Morgan fingerprint density at radius 1 is 1.50 bits per heavy atom. The SMILES string of the molecule is [CH2][N]c1[c]cccc1. The number of hydrogen-bond acceptors (Lipinski definition) is 0. The van der Waals surface area contributed by atoms with Crippen molar-refractivity contribution in [2.45, 2.75) is 0 Å². The van der Waals surface area contributed by atoms with Crippen LogP contribution in [0.25, 0.3) is 0 Å². The highest BCUT2D eigenvalue weighted by molar-refractivity contribution is 5.32. The smallest absolute Gasteiger partial charge is 0.0654 e. The van der Waals surface area contributed by atoms with E-state index < -0.39 is 0 Å². The first-order valence-corrected chi connectivity index (χ1v) is 2.37. The molecule has 1 nitrogen and oxygen atoms in total. The standard InChI is InChI=1S/C7H6N/c1-8-7-5-3-2-4-6-7/h2-5H,1H2. The zero-order valence-electron chi connectivity index (χ0n) is 4.46. The van der Waals surface area contributed by atoms with E-state index in [0.29, 0.717) is 0 Å². The van der Waals surface area contributed by atoms with Gasteiger partial charge in [-0.25, -0.2) is 0 Å². The normalized spacial score (nSPS) is 8.62. The minimum Gasteiger partial charge on any atom is -0.283 e. The van der Waals surface area contributed by atoms with Crippen molar-refractivity contribution < 1.29 is 0 Å². The van der Waals surface area contributed by atoms with Crippen LogP contribution in [0.2, 0.25) is 0 Å². The van der Waals surface area contributed by atoms with Crippen LogP contribution in [0.3, 0.4) is 0 Å². The molecule has 0 spiro atoms. The summed E-state index contributed by atoms with van der Waals surface area (Å²) in [4.78, 5) is 0. The van der Waals surface area contributed by atoms with Crippen LogP contribution in [0.1, 0.15) is 0 Å². The Bertz CT molecular complexity index is 146. The zero-order chi connectivity index (χ0) is 5.82. The van der Waals surface area contributed by atoms with Gasteiger partial charge in [0.25, 0.3) is 0 Å². The molecule has 8 heavy (non-hydrogen) atoms. The fourth-order valence-electron chi connectivity index (χ4n) is 0.482. The summed E-state index contributed by atoms with van der Waals surface area (Å²) in [6.07, 6.45) is 0. The number of benzene rings is 1. The van der Waals surface area contributed by atoms with Crippen LogP contribution in [-0.2, 0) is 0 Å². The second-order valence-electron chi connectivity index (χ2n) is 1.41. The predicted octanol–water partition coefficient (Wildman–Crippen LogP) is 1.51. The molecule has 0 aliphatic rings. The Labute approximate surface area is 49.3 Å². The maximum absolute atomic E-state index is 3.66. The van der Waals surface area contributed by atoms with Crippen molar-refractivity contribution in [1.82, 2.24) is 5.32 Å². The van der Waals surface area contributed by atoms with Gasteiger partial charge in [0.15, 0.2) is 0 Å². The van der Waals surface area contributed by atoms with Crippen molar-refractivity contribution in [2.24, 2.45) is 0 Å². The van der Waals surface area contributed by atoms with E-state index in [4.69, 9.17) is 0 Å². The molecule has 0 saturated heterocycles. The van der Waals surface area contributed by atoms with Gasteiger partial charge in [-0.3, -0.25) is 5.32 Å². The van der Waals surface area contributed by atoms with Crippen molar-refractivity contribution >= 4 is 5.69 Å². The molecule has 1 heteroatoms. The van der Waals surface area contributed by atoms with Gasteiger partial charge in [-0.05, 0) is 6.07 Å². The minimum absolute atomic E-state index is 0.799. The number of rotatable bonds is 1. The van der Waals surface area contributed by atoms with E-state index in [1.54, 1.807) is 0 Å². The maximum atomic E-state index is 3.66. The summed E-state index contributed by atoms with van der Waals surface area (Å²) in [6.45, 7) is 0. The van der Waals surface area contributed by atoms with E-state index in [-0.39, 0.29) is 0 Å². The van der Waals surface area contributed by atoms with E-state index in [9.17, 15) is 0 Å². The summed E-state index contributed by atoms with van der Waals surface area (Å²) in [5, 5.41) is 3.66. The molecule has 39 valence electrons. The van der Waals surface area contributed by atoms with Crippen LogP contribution in [0.15, 0.2) is 24.3 Å². The highest BCUT2D eigenvalue weighted by Crippen LogP contribution is 2.01. The van der Waals surface area contributed by atoms with E-state index in [1.165, 1.54) is 0 Å². The maximum Gasteiger partial charge on any atom is 0.0654 e. The third-order valence-corrected chi connectivity index (χ3v) is 0.863.